The summed E-state index contributed by atoms with van der Waals surface area (Å²) in [5.41, 5.74) is 1.35. The lowest BCUT2D eigenvalue weighted by molar-refractivity contribution is 0.624. The Morgan fingerprint density at radius 2 is 1.18 bits per heavy atom. The van der Waals surface area contributed by atoms with Gasteiger partial charge in [0.25, 0.3) is 0 Å². The van der Waals surface area contributed by atoms with Gasteiger partial charge in [-0.1, -0.05) is 48.0 Å². The molecule has 0 amide bonds. The molecule has 0 heterocycles. The molecule has 0 N–H and O–H groups in total. The predicted octanol–water partition coefficient (Wildman–Crippen LogP) is 6.09. The van der Waals surface area contributed by atoms with E-state index in [9.17, 15) is 13.2 Å². The summed E-state index contributed by atoms with van der Waals surface area (Å²) in [6, 6.07) is 14.6. The van der Waals surface area contributed by atoms with E-state index in [4.69, 9.17) is 11.6 Å². The molecule has 0 atom stereocenters. The van der Waals surface area contributed by atoms with Crippen LogP contribution in [0.2, 0.25) is 5.02 Å². The molecule has 22 heavy (non-hydrogen) atoms. The molecule has 0 aliphatic rings. The van der Waals surface area contributed by atoms with Gasteiger partial charge in [0.15, 0.2) is 0 Å². The fourth-order valence-corrected chi connectivity index (χ4v) is 2.39. The van der Waals surface area contributed by atoms with Gasteiger partial charge in [0.1, 0.15) is 17.5 Å². The van der Waals surface area contributed by atoms with Gasteiger partial charge in [0.2, 0.25) is 0 Å². The normalized spacial score (nSPS) is 10.7. The van der Waals surface area contributed by atoms with Crippen LogP contribution in [0.3, 0.4) is 0 Å². The first-order valence-corrected chi connectivity index (χ1v) is 6.94. The summed E-state index contributed by atoms with van der Waals surface area (Å²) >= 11 is 5.62. The molecule has 0 fully saturated rings. The Kier molecular flexibility index (Phi) is 3.90. The third-order valence-electron chi connectivity index (χ3n) is 3.38. The zero-order chi connectivity index (χ0) is 15.7. The van der Waals surface area contributed by atoms with Crippen molar-refractivity contribution in [2.24, 2.45) is 0 Å². The highest BCUT2D eigenvalue weighted by atomic mass is 35.5. The van der Waals surface area contributed by atoms with Crippen LogP contribution in [0.15, 0.2) is 60.7 Å². The van der Waals surface area contributed by atoms with Crippen molar-refractivity contribution in [2.75, 3.05) is 0 Å². The van der Waals surface area contributed by atoms with Crippen molar-refractivity contribution in [1.29, 1.82) is 0 Å². The number of benzene rings is 3. The van der Waals surface area contributed by atoms with Crippen molar-refractivity contribution in [1.82, 2.24) is 0 Å². The second-order valence-corrected chi connectivity index (χ2v) is 5.21. The van der Waals surface area contributed by atoms with E-state index in [1.165, 1.54) is 36.4 Å². The van der Waals surface area contributed by atoms with Crippen LogP contribution in [0.5, 0.6) is 0 Å². The van der Waals surface area contributed by atoms with Crippen molar-refractivity contribution >= 4 is 11.6 Å². The van der Waals surface area contributed by atoms with Gasteiger partial charge in [-0.3, -0.25) is 0 Å². The molecule has 0 nitrogen and oxygen atoms in total. The monoisotopic (exact) mass is 318 g/mol. The number of hydrogen-bond donors (Lipinski definition) is 0. The molecule has 0 spiro atoms. The molecule has 110 valence electrons. The Balaban J connectivity index is 2.06. The van der Waals surface area contributed by atoms with Crippen LogP contribution in [0, 0.1) is 17.5 Å². The summed E-state index contributed by atoms with van der Waals surface area (Å²) in [6.07, 6.45) is 0. The first-order chi connectivity index (χ1) is 10.6. The average Bonchev–Trinajstić information content (AvgIpc) is 2.50. The Bertz CT molecular complexity index is 843. The molecule has 0 aliphatic heterocycles. The summed E-state index contributed by atoms with van der Waals surface area (Å²) < 4.78 is 41.5. The molecule has 3 aromatic carbocycles. The zero-order valence-corrected chi connectivity index (χ0v) is 12.0. The Morgan fingerprint density at radius 3 is 1.82 bits per heavy atom. The predicted molar refractivity (Wildman–Crippen MR) is 82.2 cm³/mol. The van der Waals surface area contributed by atoms with E-state index in [1.807, 2.05) is 0 Å². The summed E-state index contributed by atoms with van der Waals surface area (Å²) in [4.78, 5) is 0. The van der Waals surface area contributed by atoms with Gasteiger partial charge in [0.05, 0.1) is 5.02 Å². The highest BCUT2D eigenvalue weighted by Gasteiger charge is 2.11. The van der Waals surface area contributed by atoms with Gasteiger partial charge in [-0.05, 0) is 35.4 Å². The van der Waals surface area contributed by atoms with Gasteiger partial charge in [0, 0.05) is 11.1 Å². The van der Waals surface area contributed by atoms with Crippen LogP contribution in [0.25, 0.3) is 22.3 Å². The molecule has 3 aromatic rings. The summed E-state index contributed by atoms with van der Waals surface area (Å²) in [6.45, 7) is 0. The van der Waals surface area contributed by atoms with Gasteiger partial charge >= 0.3 is 0 Å². The third-order valence-corrected chi connectivity index (χ3v) is 3.69. The van der Waals surface area contributed by atoms with E-state index in [2.05, 4.69) is 0 Å². The van der Waals surface area contributed by atoms with E-state index < -0.39 is 17.5 Å². The van der Waals surface area contributed by atoms with Crippen LogP contribution >= 0.6 is 11.6 Å². The molecule has 0 unspecified atom stereocenters. The SMILES string of the molecule is Fc1cc(-c2ccc(-c3ccccc3F)cc2F)ccc1Cl. The molecular formula is C18H10ClF3. The standard InChI is InChI=1S/C18H10ClF3/c19-15-8-6-12(10-18(15)22)14-7-5-11(9-17(14)21)13-3-1-2-4-16(13)20/h1-10H. The fraction of sp³-hybridized carbons (Fsp3) is 0. The Hall–Kier alpha value is -2.26. The van der Waals surface area contributed by atoms with E-state index in [1.54, 1.807) is 24.3 Å². The van der Waals surface area contributed by atoms with Crippen LogP contribution < -0.4 is 0 Å². The lowest BCUT2D eigenvalue weighted by Gasteiger charge is -2.08. The quantitative estimate of drug-likeness (QED) is 0.536. The second-order valence-electron chi connectivity index (χ2n) is 4.80. The van der Waals surface area contributed by atoms with E-state index in [0.717, 1.165) is 0 Å². The number of hydrogen-bond acceptors (Lipinski definition) is 0. The van der Waals surface area contributed by atoms with Gasteiger partial charge in [-0.15, -0.1) is 0 Å². The molecule has 0 bridgehead atoms. The Labute approximate surface area is 130 Å². The Morgan fingerprint density at radius 1 is 0.591 bits per heavy atom. The smallest absolute Gasteiger partial charge is 0.142 e. The minimum absolute atomic E-state index is 0.0212. The molecule has 3 rings (SSSR count). The maximum absolute atomic E-state index is 14.3. The van der Waals surface area contributed by atoms with Gasteiger partial charge < -0.3 is 0 Å². The van der Waals surface area contributed by atoms with Crippen molar-refractivity contribution in [3.05, 3.63) is 83.1 Å². The van der Waals surface area contributed by atoms with Gasteiger partial charge in [-0.2, -0.15) is 0 Å². The van der Waals surface area contributed by atoms with Crippen molar-refractivity contribution in [3.8, 4) is 22.3 Å². The third kappa shape index (κ3) is 2.72. The second kappa shape index (κ2) is 5.85. The van der Waals surface area contributed by atoms with Crippen LogP contribution in [-0.4, -0.2) is 0 Å². The molecule has 0 saturated heterocycles. The molecular weight excluding hydrogens is 309 g/mol. The van der Waals surface area contributed by atoms with Crippen molar-refractivity contribution in [3.63, 3.8) is 0 Å². The summed E-state index contributed by atoms with van der Waals surface area (Å²) in [5, 5.41) is -0.0212. The van der Waals surface area contributed by atoms with Gasteiger partial charge in [-0.25, -0.2) is 13.2 Å². The average molecular weight is 319 g/mol. The largest absolute Gasteiger partial charge is 0.206 e. The van der Waals surface area contributed by atoms with Crippen LogP contribution in [-0.2, 0) is 0 Å². The lowest BCUT2D eigenvalue weighted by atomic mass is 9.99. The van der Waals surface area contributed by atoms with E-state index in [-0.39, 0.29) is 10.6 Å². The topological polar surface area (TPSA) is 0 Å². The maximum atomic E-state index is 14.3. The molecule has 4 heteroatoms. The lowest BCUT2D eigenvalue weighted by Crippen LogP contribution is -1.89. The van der Waals surface area contributed by atoms with Crippen molar-refractivity contribution < 1.29 is 13.2 Å². The van der Waals surface area contributed by atoms with Crippen LogP contribution in [0.4, 0.5) is 13.2 Å². The zero-order valence-electron chi connectivity index (χ0n) is 11.3. The minimum Gasteiger partial charge on any atom is -0.206 e. The van der Waals surface area contributed by atoms with Crippen LogP contribution in [0.1, 0.15) is 0 Å². The number of rotatable bonds is 2. The minimum atomic E-state index is -0.614. The van der Waals surface area contributed by atoms with E-state index >= 15 is 0 Å². The summed E-state index contributed by atoms with van der Waals surface area (Å²) in [5.74, 6) is -1.59. The first kappa shape index (κ1) is 14.7. The maximum Gasteiger partial charge on any atom is 0.142 e. The number of halogens is 4. The summed E-state index contributed by atoms with van der Waals surface area (Å²) in [7, 11) is 0. The first-order valence-electron chi connectivity index (χ1n) is 6.56. The highest BCUT2D eigenvalue weighted by Crippen LogP contribution is 2.30. The molecule has 0 saturated carbocycles. The van der Waals surface area contributed by atoms with Crippen molar-refractivity contribution in [2.45, 2.75) is 0 Å². The molecule has 0 radical (unpaired) electrons. The fourth-order valence-electron chi connectivity index (χ4n) is 2.28. The highest BCUT2D eigenvalue weighted by molar-refractivity contribution is 6.30. The molecule has 0 aliphatic carbocycles. The molecule has 0 aromatic heterocycles. The van der Waals surface area contributed by atoms with E-state index in [0.29, 0.717) is 16.7 Å².